The van der Waals surface area contributed by atoms with Crippen molar-refractivity contribution in [3.8, 4) is 28.7 Å². The normalized spacial score (nSPS) is 11.9. The van der Waals surface area contributed by atoms with Crippen LogP contribution in [0.3, 0.4) is 0 Å². The first-order valence-corrected chi connectivity index (χ1v) is 12.5. The molecule has 0 saturated carbocycles. The average Bonchev–Trinajstić information content (AvgIpc) is 2.94. The topological polar surface area (TPSA) is 120 Å². The summed E-state index contributed by atoms with van der Waals surface area (Å²) in [5, 5.41) is 12.9. The number of methoxy groups -OCH3 is 4. The zero-order valence-electron chi connectivity index (χ0n) is 23.0. The van der Waals surface area contributed by atoms with Gasteiger partial charge in [0, 0.05) is 40.6 Å². The Kier molecular flexibility index (Phi) is 6.89. The van der Waals surface area contributed by atoms with Crippen molar-refractivity contribution < 1.29 is 28.5 Å². The van der Waals surface area contributed by atoms with Crippen molar-refractivity contribution in [2.75, 3.05) is 28.4 Å². The zero-order valence-corrected chi connectivity index (χ0v) is 23.0. The van der Waals surface area contributed by atoms with Crippen LogP contribution in [0.5, 0.6) is 28.7 Å². The van der Waals surface area contributed by atoms with Gasteiger partial charge in [-0.15, -0.1) is 0 Å². The third kappa shape index (κ3) is 4.29. The Hall–Kier alpha value is -4.92. The van der Waals surface area contributed by atoms with Crippen molar-refractivity contribution in [2.24, 2.45) is 0 Å². The number of allylic oxidation sites excluding steroid dienone is 2. The molecule has 1 atom stereocenters. The van der Waals surface area contributed by atoms with Gasteiger partial charge in [0.1, 0.15) is 22.8 Å². The van der Waals surface area contributed by atoms with Crippen molar-refractivity contribution >= 4 is 32.8 Å². The number of rotatable bonds is 7. The number of aromatic amines is 1. The molecule has 2 aromatic heterocycles. The number of phenols is 1. The van der Waals surface area contributed by atoms with E-state index in [2.05, 4.69) is 4.98 Å². The number of hydrogen-bond acceptors (Lipinski definition) is 8. The molecule has 0 radical (unpaired) electrons. The lowest BCUT2D eigenvalue weighted by Crippen LogP contribution is -2.10. The van der Waals surface area contributed by atoms with Crippen LogP contribution in [0.2, 0.25) is 0 Å². The van der Waals surface area contributed by atoms with E-state index in [4.69, 9.17) is 23.4 Å². The van der Waals surface area contributed by atoms with E-state index in [0.717, 1.165) is 5.57 Å². The summed E-state index contributed by atoms with van der Waals surface area (Å²) < 4.78 is 27.8. The lowest BCUT2D eigenvalue weighted by molar-refractivity contribution is 0.358. The van der Waals surface area contributed by atoms with Gasteiger partial charge in [0.15, 0.2) is 11.5 Å². The molecule has 2 heterocycles. The Labute approximate surface area is 229 Å². The molecule has 1 unspecified atom stereocenters. The van der Waals surface area contributed by atoms with Crippen LogP contribution in [-0.2, 0) is 0 Å². The lowest BCUT2D eigenvalue weighted by atomic mass is 9.86. The number of hydrogen-bond donors (Lipinski definition) is 2. The summed E-state index contributed by atoms with van der Waals surface area (Å²) >= 11 is 0. The van der Waals surface area contributed by atoms with Crippen LogP contribution < -0.4 is 30.0 Å². The monoisotopic (exact) mass is 543 g/mol. The predicted molar refractivity (Wildman–Crippen MR) is 154 cm³/mol. The van der Waals surface area contributed by atoms with Crippen molar-refractivity contribution in [3.63, 3.8) is 0 Å². The Morgan fingerprint density at radius 1 is 0.900 bits per heavy atom. The minimum atomic E-state index is -0.587. The van der Waals surface area contributed by atoms with Gasteiger partial charge in [-0.3, -0.25) is 4.79 Å². The third-order valence-electron chi connectivity index (χ3n) is 6.92. The van der Waals surface area contributed by atoms with Crippen LogP contribution >= 0.6 is 0 Å². The average molecular weight is 544 g/mol. The van der Waals surface area contributed by atoms with Crippen molar-refractivity contribution in [2.45, 2.75) is 19.8 Å². The fraction of sp³-hybridized carbons (Fsp3) is 0.226. The molecule has 3 aromatic carbocycles. The molecule has 5 rings (SSSR count). The highest BCUT2D eigenvalue weighted by Crippen LogP contribution is 2.46. The minimum Gasteiger partial charge on any atom is -0.507 e. The largest absolute Gasteiger partial charge is 0.507 e. The Morgan fingerprint density at radius 3 is 2.27 bits per heavy atom. The number of aromatic hydroxyl groups is 1. The number of fused-ring (bicyclic) bond motifs is 3. The zero-order chi connectivity index (χ0) is 28.7. The van der Waals surface area contributed by atoms with Gasteiger partial charge in [-0.25, -0.2) is 4.79 Å². The first-order chi connectivity index (χ1) is 19.2. The van der Waals surface area contributed by atoms with Gasteiger partial charge >= 0.3 is 5.63 Å². The molecule has 206 valence electrons. The molecule has 40 heavy (non-hydrogen) atoms. The Bertz CT molecular complexity index is 1930. The highest BCUT2D eigenvalue weighted by atomic mass is 16.5. The molecule has 0 spiro atoms. The molecule has 0 bridgehead atoms. The second kappa shape index (κ2) is 10.3. The summed E-state index contributed by atoms with van der Waals surface area (Å²) in [6, 6.07) is 11.5. The second-order valence-corrected chi connectivity index (χ2v) is 9.55. The molecular formula is C31H29NO8. The molecule has 0 fully saturated rings. The van der Waals surface area contributed by atoms with Gasteiger partial charge in [0.25, 0.3) is 0 Å². The summed E-state index contributed by atoms with van der Waals surface area (Å²) in [6.07, 6.45) is 1.95. The fourth-order valence-corrected chi connectivity index (χ4v) is 5.16. The molecule has 0 aliphatic carbocycles. The lowest BCUT2D eigenvalue weighted by Gasteiger charge is -2.23. The van der Waals surface area contributed by atoms with E-state index >= 15 is 0 Å². The van der Waals surface area contributed by atoms with E-state index in [1.165, 1.54) is 34.5 Å². The summed E-state index contributed by atoms with van der Waals surface area (Å²) in [6.45, 7) is 3.87. The predicted octanol–water partition coefficient (Wildman–Crippen LogP) is 5.63. The second-order valence-electron chi connectivity index (χ2n) is 9.55. The highest BCUT2D eigenvalue weighted by molar-refractivity contribution is 6.00. The van der Waals surface area contributed by atoms with E-state index in [1.807, 2.05) is 26.0 Å². The molecule has 0 aliphatic heterocycles. The van der Waals surface area contributed by atoms with Crippen molar-refractivity contribution in [1.29, 1.82) is 0 Å². The van der Waals surface area contributed by atoms with Gasteiger partial charge in [-0.2, -0.15) is 0 Å². The first-order valence-electron chi connectivity index (χ1n) is 12.5. The minimum absolute atomic E-state index is 0.105. The Balaban J connectivity index is 1.88. The molecule has 2 N–H and O–H groups in total. The highest BCUT2D eigenvalue weighted by Gasteiger charge is 2.28. The van der Waals surface area contributed by atoms with Crippen LogP contribution in [-0.4, -0.2) is 38.5 Å². The van der Waals surface area contributed by atoms with Gasteiger partial charge in [-0.1, -0.05) is 11.6 Å². The molecule has 0 amide bonds. The summed E-state index contributed by atoms with van der Waals surface area (Å²) in [5.74, 6) is 0.811. The summed E-state index contributed by atoms with van der Waals surface area (Å²) in [4.78, 5) is 28.9. The van der Waals surface area contributed by atoms with Crippen LogP contribution in [0.4, 0.5) is 0 Å². The third-order valence-corrected chi connectivity index (χ3v) is 6.92. The number of aromatic nitrogens is 1. The standard InChI is InChI=1S/C31H29NO8/c1-15(2)11-19(18-12-16-7-10-25(33)40-22(16)14-23(18)37-4)26-24(38-5)13-20-27(30(26)35)29(34)17-8-9-21(36-3)31(39-6)28(17)32-20/h7-14,19,35H,1-6H3,(H,32,34). The van der Waals surface area contributed by atoms with E-state index in [9.17, 15) is 14.7 Å². The van der Waals surface area contributed by atoms with Crippen LogP contribution in [0, 0.1) is 0 Å². The number of phenolic OH excluding ortho intramolecular Hbond substituents is 1. The van der Waals surface area contributed by atoms with Crippen molar-refractivity contribution in [1.82, 2.24) is 4.98 Å². The molecule has 0 aliphatic rings. The molecule has 9 heteroatoms. The maximum Gasteiger partial charge on any atom is 0.336 e. The summed E-state index contributed by atoms with van der Waals surface area (Å²) in [7, 11) is 6.02. The smallest absolute Gasteiger partial charge is 0.336 e. The van der Waals surface area contributed by atoms with Crippen LogP contribution in [0.15, 0.2) is 68.1 Å². The van der Waals surface area contributed by atoms with Crippen LogP contribution in [0.1, 0.15) is 30.9 Å². The van der Waals surface area contributed by atoms with E-state index in [-0.39, 0.29) is 16.6 Å². The number of pyridine rings is 1. The molecule has 9 nitrogen and oxygen atoms in total. The first kappa shape index (κ1) is 26.7. The summed E-state index contributed by atoms with van der Waals surface area (Å²) in [5.41, 5.74) is 2.34. The van der Waals surface area contributed by atoms with Gasteiger partial charge < -0.3 is 33.5 Å². The van der Waals surface area contributed by atoms with E-state index < -0.39 is 11.5 Å². The SMILES string of the molecule is COc1cc2oc(=O)ccc2cc1C(C=C(C)C)c1c(OC)cc2[nH]c3c(OC)c(OC)ccc3c(=O)c2c1O. The van der Waals surface area contributed by atoms with Gasteiger partial charge in [0.05, 0.1) is 50.2 Å². The molecule has 5 aromatic rings. The Morgan fingerprint density at radius 2 is 1.62 bits per heavy atom. The maximum absolute atomic E-state index is 13.8. The maximum atomic E-state index is 13.8. The quantitative estimate of drug-likeness (QED) is 0.154. The van der Waals surface area contributed by atoms with Crippen molar-refractivity contribution in [3.05, 3.63) is 85.9 Å². The van der Waals surface area contributed by atoms with E-state index in [0.29, 0.717) is 61.5 Å². The van der Waals surface area contributed by atoms with Crippen LogP contribution in [0.25, 0.3) is 32.8 Å². The molecular weight excluding hydrogens is 514 g/mol. The van der Waals surface area contributed by atoms with Gasteiger partial charge in [-0.05, 0) is 38.1 Å². The number of ether oxygens (including phenoxy) is 4. The van der Waals surface area contributed by atoms with Gasteiger partial charge in [0.2, 0.25) is 5.43 Å². The number of H-pyrrole nitrogens is 1. The fourth-order valence-electron chi connectivity index (χ4n) is 5.16. The van der Waals surface area contributed by atoms with E-state index in [1.54, 1.807) is 30.3 Å². The molecule has 0 saturated heterocycles. The number of nitrogens with one attached hydrogen (secondary N) is 1. The number of benzene rings is 3.